The predicted molar refractivity (Wildman–Crippen MR) is 100 cm³/mol. The lowest BCUT2D eigenvalue weighted by atomic mass is 10.0. The van der Waals surface area contributed by atoms with Crippen molar-refractivity contribution < 1.29 is 17.9 Å². The molecule has 0 amide bonds. The van der Waals surface area contributed by atoms with Crippen molar-refractivity contribution in [3.8, 4) is 5.75 Å². The second-order valence-corrected chi connectivity index (χ2v) is 8.29. The van der Waals surface area contributed by atoms with Crippen molar-refractivity contribution in [3.05, 3.63) is 71.6 Å². The summed E-state index contributed by atoms with van der Waals surface area (Å²) >= 11 is 0. The number of methoxy groups -OCH3 is 1. The minimum absolute atomic E-state index is 0.269. The van der Waals surface area contributed by atoms with Gasteiger partial charge in [0.15, 0.2) is 0 Å². The molecule has 26 heavy (non-hydrogen) atoms. The molecule has 0 spiro atoms. The van der Waals surface area contributed by atoms with E-state index in [4.69, 9.17) is 9.47 Å². The van der Waals surface area contributed by atoms with Crippen LogP contribution in [0, 0.1) is 6.92 Å². The van der Waals surface area contributed by atoms with E-state index in [-0.39, 0.29) is 4.90 Å². The average Bonchev–Trinajstić information content (AvgIpc) is 2.63. The highest BCUT2D eigenvalue weighted by atomic mass is 32.2. The van der Waals surface area contributed by atoms with Crippen molar-refractivity contribution in [2.45, 2.75) is 37.8 Å². The van der Waals surface area contributed by atoms with E-state index < -0.39 is 22.2 Å². The normalized spacial score (nSPS) is 20.3. The lowest BCUT2D eigenvalue weighted by Gasteiger charge is -2.38. The standard InChI is InChI=1S/C20H23NO4S/c1-14-8-10-19(11-9-14)26(22,23)21-13-15(2)25-20(16(21)3)17-6-5-7-18(12-17)24-4/h5-13,16,20H,1-4H3/t16-,20-/m0/s1. The van der Waals surface area contributed by atoms with Gasteiger partial charge < -0.3 is 9.47 Å². The zero-order chi connectivity index (χ0) is 18.9. The number of allylic oxidation sites excluding steroid dienone is 1. The van der Waals surface area contributed by atoms with Gasteiger partial charge >= 0.3 is 0 Å². The molecule has 0 aromatic heterocycles. The van der Waals surface area contributed by atoms with E-state index in [9.17, 15) is 8.42 Å². The number of nitrogens with zero attached hydrogens (tertiary/aromatic N) is 1. The second kappa shape index (κ2) is 7.03. The summed E-state index contributed by atoms with van der Waals surface area (Å²) in [7, 11) is -2.07. The van der Waals surface area contributed by atoms with Crippen molar-refractivity contribution >= 4 is 10.0 Å². The smallest absolute Gasteiger partial charge is 0.264 e. The Labute approximate surface area is 154 Å². The lowest BCUT2D eigenvalue weighted by Crippen LogP contribution is -2.42. The van der Waals surface area contributed by atoms with E-state index in [0.717, 1.165) is 11.1 Å². The van der Waals surface area contributed by atoms with Gasteiger partial charge in [0, 0.05) is 0 Å². The summed E-state index contributed by atoms with van der Waals surface area (Å²) in [6, 6.07) is 14.0. The molecule has 2 aromatic carbocycles. The molecule has 2 aromatic rings. The van der Waals surface area contributed by atoms with Crippen molar-refractivity contribution in [1.29, 1.82) is 0 Å². The van der Waals surface area contributed by atoms with Crippen LogP contribution in [0.1, 0.15) is 31.1 Å². The maximum absolute atomic E-state index is 13.2. The molecule has 0 saturated heterocycles. The third kappa shape index (κ3) is 3.42. The van der Waals surface area contributed by atoms with Gasteiger partial charge in [0.05, 0.1) is 24.2 Å². The Hall–Kier alpha value is -2.47. The zero-order valence-corrected chi connectivity index (χ0v) is 16.2. The first-order valence-electron chi connectivity index (χ1n) is 8.42. The van der Waals surface area contributed by atoms with Gasteiger partial charge in [-0.05, 0) is 50.6 Å². The van der Waals surface area contributed by atoms with Crippen LogP contribution in [0.4, 0.5) is 0 Å². The number of aryl methyl sites for hydroxylation is 1. The third-order valence-electron chi connectivity index (χ3n) is 4.48. The van der Waals surface area contributed by atoms with Crippen LogP contribution in [0.5, 0.6) is 5.75 Å². The minimum atomic E-state index is -3.67. The summed E-state index contributed by atoms with van der Waals surface area (Å²) < 4.78 is 38.9. The molecule has 1 heterocycles. The molecule has 0 fully saturated rings. The molecule has 138 valence electrons. The summed E-state index contributed by atoms with van der Waals surface area (Å²) in [4.78, 5) is 0.269. The Kier molecular flexibility index (Phi) is 4.96. The molecular weight excluding hydrogens is 350 g/mol. The molecule has 0 aliphatic carbocycles. The molecule has 5 nitrogen and oxygen atoms in total. The molecular formula is C20H23NO4S. The molecule has 1 aliphatic heterocycles. The van der Waals surface area contributed by atoms with Gasteiger partial charge in [0.25, 0.3) is 10.0 Å². The molecule has 0 saturated carbocycles. The van der Waals surface area contributed by atoms with E-state index >= 15 is 0 Å². The summed E-state index contributed by atoms with van der Waals surface area (Å²) in [5.41, 5.74) is 1.88. The number of rotatable bonds is 4. The summed E-state index contributed by atoms with van der Waals surface area (Å²) in [6.45, 7) is 5.53. The van der Waals surface area contributed by atoms with E-state index in [2.05, 4.69) is 0 Å². The molecule has 0 radical (unpaired) electrons. The van der Waals surface area contributed by atoms with Gasteiger partial charge in [-0.15, -0.1) is 0 Å². The fourth-order valence-electron chi connectivity index (χ4n) is 3.04. The highest BCUT2D eigenvalue weighted by Crippen LogP contribution is 2.36. The first-order chi connectivity index (χ1) is 12.3. The Morgan fingerprint density at radius 2 is 1.77 bits per heavy atom. The van der Waals surface area contributed by atoms with Gasteiger partial charge in [-0.2, -0.15) is 0 Å². The van der Waals surface area contributed by atoms with Gasteiger partial charge in [0.2, 0.25) is 0 Å². The van der Waals surface area contributed by atoms with Gasteiger partial charge in [0.1, 0.15) is 17.6 Å². The minimum Gasteiger partial charge on any atom is -0.497 e. The molecule has 6 heteroatoms. The monoisotopic (exact) mass is 373 g/mol. The van der Waals surface area contributed by atoms with E-state index in [0.29, 0.717) is 11.5 Å². The fourth-order valence-corrected chi connectivity index (χ4v) is 4.60. The maximum Gasteiger partial charge on any atom is 0.264 e. The van der Waals surface area contributed by atoms with Crippen LogP contribution >= 0.6 is 0 Å². The number of hydrogen-bond donors (Lipinski definition) is 0. The van der Waals surface area contributed by atoms with Crippen LogP contribution in [-0.2, 0) is 14.8 Å². The SMILES string of the molecule is COc1cccc([C@H]2OC(C)=CN(S(=O)(=O)c3ccc(C)cc3)[C@H]2C)c1. The predicted octanol–water partition coefficient (Wildman–Crippen LogP) is 4.02. The van der Waals surface area contributed by atoms with Crippen molar-refractivity contribution in [2.24, 2.45) is 0 Å². The van der Waals surface area contributed by atoms with Crippen molar-refractivity contribution in [1.82, 2.24) is 4.31 Å². The first kappa shape index (κ1) is 18.3. The molecule has 0 N–H and O–H groups in total. The van der Waals surface area contributed by atoms with E-state index in [1.54, 1.807) is 44.5 Å². The van der Waals surface area contributed by atoms with Gasteiger partial charge in [-0.1, -0.05) is 29.8 Å². The molecule has 0 unspecified atom stereocenters. The molecule has 2 atom stereocenters. The van der Waals surface area contributed by atoms with Gasteiger partial charge in [-0.25, -0.2) is 8.42 Å². The summed E-state index contributed by atoms with van der Waals surface area (Å²) in [5, 5.41) is 0. The van der Waals surface area contributed by atoms with Crippen molar-refractivity contribution in [3.63, 3.8) is 0 Å². The van der Waals surface area contributed by atoms with E-state index in [1.165, 1.54) is 4.31 Å². The largest absolute Gasteiger partial charge is 0.497 e. The van der Waals surface area contributed by atoms with Crippen LogP contribution in [0.2, 0.25) is 0 Å². The fraction of sp³-hybridized carbons (Fsp3) is 0.300. The first-order valence-corrected chi connectivity index (χ1v) is 9.86. The topological polar surface area (TPSA) is 55.8 Å². The average molecular weight is 373 g/mol. The Bertz CT molecular complexity index is 919. The Balaban J connectivity index is 2.00. The van der Waals surface area contributed by atoms with Crippen LogP contribution in [0.15, 0.2) is 65.4 Å². The lowest BCUT2D eigenvalue weighted by molar-refractivity contribution is 0.0453. The molecule has 1 aliphatic rings. The van der Waals surface area contributed by atoms with Crippen LogP contribution in [0.3, 0.4) is 0 Å². The summed E-state index contributed by atoms with van der Waals surface area (Å²) in [5.74, 6) is 1.25. The Morgan fingerprint density at radius 3 is 2.42 bits per heavy atom. The number of hydrogen-bond acceptors (Lipinski definition) is 4. The van der Waals surface area contributed by atoms with Crippen LogP contribution in [-0.4, -0.2) is 25.9 Å². The number of benzene rings is 2. The quantitative estimate of drug-likeness (QED) is 0.812. The highest BCUT2D eigenvalue weighted by Gasteiger charge is 2.37. The van der Waals surface area contributed by atoms with Crippen LogP contribution in [0.25, 0.3) is 0 Å². The Morgan fingerprint density at radius 1 is 1.08 bits per heavy atom. The highest BCUT2D eigenvalue weighted by molar-refractivity contribution is 7.89. The number of sulfonamides is 1. The van der Waals surface area contributed by atoms with Crippen molar-refractivity contribution in [2.75, 3.05) is 7.11 Å². The maximum atomic E-state index is 13.2. The summed E-state index contributed by atoms with van der Waals surface area (Å²) in [6.07, 6.45) is 1.13. The third-order valence-corrected chi connectivity index (χ3v) is 6.34. The number of ether oxygens (including phenoxy) is 2. The zero-order valence-electron chi connectivity index (χ0n) is 15.3. The van der Waals surface area contributed by atoms with Crippen LogP contribution < -0.4 is 4.74 Å². The molecule has 0 bridgehead atoms. The second-order valence-electron chi connectivity index (χ2n) is 6.44. The van der Waals surface area contributed by atoms with Gasteiger partial charge in [-0.3, -0.25) is 4.31 Å². The molecule has 3 rings (SSSR count). The van der Waals surface area contributed by atoms with E-state index in [1.807, 2.05) is 38.1 Å².